The molecule has 0 spiro atoms. The number of carbonyl (C=O) groups excluding carboxylic acids is 2. The number of aromatic amines is 1. The van der Waals surface area contributed by atoms with E-state index in [2.05, 4.69) is 217 Å². The predicted molar refractivity (Wildman–Crippen MR) is 409 cm³/mol. The number of nitrogens with zero attached hydrogens (tertiary/aromatic N) is 5. The average molecular weight is 1330 g/mol. The molecule has 516 valence electrons. The molecule has 3 aliphatic carbocycles. The third-order valence-electron chi connectivity index (χ3n) is 18.6. The topological polar surface area (TPSA) is 125 Å². The summed E-state index contributed by atoms with van der Waals surface area (Å²) in [6, 6.07) is 34.0. The number of unbranched alkanes of at least 4 members (excludes halogenated alkanes) is 19. The number of H-pyrrole nitrogens is 1. The molecule has 0 aliphatic heterocycles. The first-order valence-corrected chi connectivity index (χ1v) is 40.9. The van der Waals surface area contributed by atoms with E-state index in [1.807, 2.05) is 13.8 Å². The van der Waals surface area contributed by atoms with E-state index >= 15 is 0 Å². The second kappa shape index (κ2) is 46.8. The first kappa shape index (κ1) is 79.3. The van der Waals surface area contributed by atoms with Crippen LogP contribution < -0.4 is 15.9 Å². The number of rotatable bonds is 40. The minimum atomic E-state index is -1.69. The summed E-state index contributed by atoms with van der Waals surface area (Å²) in [7, 11) is -0.539. The van der Waals surface area contributed by atoms with Gasteiger partial charge in [0.25, 0.3) is 0 Å². The molecule has 95 heavy (non-hydrogen) atoms. The minimum absolute atomic E-state index is 0.0163. The number of hydrogen-bond donors (Lipinski definition) is 1. The molecule has 0 amide bonds. The van der Waals surface area contributed by atoms with E-state index in [1.165, 1.54) is 182 Å². The van der Waals surface area contributed by atoms with Crippen molar-refractivity contribution in [3.63, 3.8) is 0 Å². The number of aromatic nitrogens is 6. The van der Waals surface area contributed by atoms with Crippen LogP contribution in [0.1, 0.15) is 240 Å². The number of allylic oxidation sites excluding steroid dienone is 14. The largest absolute Gasteiger partial charge is 0.489 e. The van der Waals surface area contributed by atoms with E-state index in [-0.39, 0.29) is 23.1 Å². The van der Waals surface area contributed by atoms with Crippen LogP contribution in [0.3, 0.4) is 0 Å². The number of hydrogen-bond acceptors (Lipinski definition) is 8. The summed E-state index contributed by atoms with van der Waals surface area (Å²) < 4.78 is 12.4. The molecular weight excluding hydrogens is 1210 g/mol. The summed E-state index contributed by atoms with van der Waals surface area (Å²) in [5.74, 6) is 0.230. The second-order valence-corrected chi connectivity index (χ2v) is 32.8. The van der Waals surface area contributed by atoms with Crippen LogP contribution in [0.15, 0.2) is 197 Å². The summed E-state index contributed by atoms with van der Waals surface area (Å²) in [6.07, 6.45) is 63.0. The van der Waals surface area contributed by atoms with Gasteiger partial charge in [0, 0.05) is 23.9 Å². The Labute approximate surface area is 577 Å². The molecule has 0 fully saturated rings. The highest BCUT2D eigenvalue weighted by atomic mass is 31.2. The molecule has 5 aromatic rings. The zero-order chi connectivity index (χ0) is 68.2. The monoisotopic (exact) mass is 1330 g/mol. The number of benzene rings is 3. The van der Waals surface area contributed by atoms with Gasteiger partial charge < -0.3 is 9.47 Å². The number of ether oxygens (including phenoxy) is 2. The molecule has 2 atom stereocenters. The Morgan fingerprint density at radius 2 is 1.14 bits per heavy atom. The van der Waals surface area contributed by atoms with Gasteiger partial charge in [-0.2, -0.15) is 15.4 Å². The molecule has 2 heterocycles. The first-order chi connectivity index (χ1) is 46.6. The SMILES string of the molecule is C/C=C\C(=C/C)[P+](CCCCCCCCCCC1=C(C)C(=O)C(OC)=C(OC)C1=O)(C1=CCCC=C1)c1ccccc1.CC.CCCCCCCCc1cn(CCCCCCCCC[P+](C2=CCC(C)C=C2)(c2ccccc2)c2ccccc2)nn1.CCCCc1cn[nH]n1. The zero-order valence-corrected chi connectivity index (χ0v) is 62.3. The normalized spacial score (nSPS) is 15.5. The molecule has 2 unspecified atom stereocenters. The van der Waals surface area contributed by atoms with Crippen molar-refractivity contribution in [2.45, 2.75) is 248 Å². The summed E-state index contributed by atoms with van der Waals surface area (Å²) >= 11 is 0. The van der Waals surface area contributed by atoms with E-state index in [0.29, 0.717) is 23.5 Å². The number of methoxy groups -OCH3 is 2. The molecule has 3 aromatic carbocycles. The van der Waals surface area contributed by atoms with Crippen LogP contribution in [0.2, 0.25) is 0 Å². The van der Waals surface area contributed by atoms with E-state index < -0.39 is 14.5 Å². The van der Waals surface area contributed by atoms with Gasteiger partial charge in [-0.3, -0.25) is 14.3 Å². The van der Waals surface area contributed by atoms with Crippen molar-refractivity contribution in [2.75, 3.05) is 26.5 Å². The maximum absolute atomic E-state index is 12.8. The van der Waals surface area contributed by atoms with Gasteiger partial charge in [0.15, 0.2) is 0 Å². The van der Waals surface area contributed by atoms with Crippen molar-refractivity contribution in [3.8, 4) is 0 Å². The summed E-state index contributed by atoms with van der Waals surface area (Å²) in [4.78, 5) is 25.4. The Hall–Kier alpha value is -6.34. The lowest BCUT2D eigenvalue weighted by Gasteiger charge is -2.30. The van der Waals surface area contributed by atoms with Crippen LogP contribution in [0.5, 0.6) is 0 Å². The molecule has 12 heteroatoms. The first-order valence-electron chi connectivity index (χ1n) is 36.9. The van der Waals surface area contributed by atoms with Gasteiger partial charge in [-0.1, -0.05) is 209 Å². The van der Waals surface area contributed by atoms with Crippen LogP contribution in [0, 0.1) is 5.92 Å². The zero-order valence-electron chi connectivity index (χ0n) is 60.5. The third-order valence-corrected chi connectivity index (χ3v) is 27.8. The molecule has 10 nitrogen and oxygen atoms in total. The van der Waals surface area contributed by atoms with E-state index in [1.54, 1.807) is 23.7 Å². The molecule has 0 radical (unpaired) electrons. The van der Waals surface area contributed by atoms with Gasteiger partial charge >= 0.3 is 0 Å². The fourth-order valence-corrected chi connectivity index (χ4v) is 22.5. The van der Waals surface area contributed by atoms with Crippen molar-refractivity contribution in [2.24, 2.45) is 5.92 Å². The van der Waals surface area contributed by atoms with Crippen molar-refractivity contribution >= 4 is 42.0 Å². The van der Waals surface area contributed by atoms with Crippen LogP contribution in [0.4, 0.5) is 0 Å². The molecule has 2 aromatic heterocycles. The van der Waals surface area contributed by atoms with Gasteiger partial charge in [-0.25, -0.2) is 0 Å². The quantitative estimate of drug-likeness (QED) is 0.0178. The summed E-state index contributed by atoms with van der Waals surface area (Å²) in [6.45, 7) is 17.8. The predicted octanol–water partition coefficient (Wildman–Crippen LogP) is 21.8. The Morgan fingerprint density at radius 1 is 0.600 bits per heavy atom. The fourth-order valence-electron chi connectivity index (χ4n) is 13.3. The maximum Gasteiger partial charge on any atom is 0.228 e. The molecule has 0 saturated heterocycles. The lowest BCUT2D eigenvalue weighted by molar-refractivity contribution is -0.121. The second-order valence-electron chi connectivity index (χ2n) is 25.5. The van der Waals surface area contributed by atoms with Gasteiger partial charge in [0.1, 0.15) is 41.1 Å². The highest BCUT2D eigenvalue weighted by molar-refractivity contribution is 7.93. The fraction of sp³-hybridized carbons (Fsp3) is 0.518. The molecular formula is C83H122N6O4P2+2. The Bertz CT molecular complexity index is 3150. The molecule has 0 saturated carbocycles. The van der Waals surface area contributed by atoms with Crippen molar-refractivity contribution in [3.05, 3.63) is 208 Å². The third kappa shape index (κ3) is 25.2. The summed E-state index contributed by atoms with van der Waals surface area (Å²) in [5.41, 5.74) is 3.30. The average Bonchev–Trinajstić information content (AvgIpc) is 1.23. The Kier molecular flexibility index (Phi) is 39.1. The van der Waals surface area contributed by atoms with Gasteiger partial charge in [-0.15, -0.1) is 5.10 Å². The number of nitrogens with one attached hydrogen (secondary N) is 1. The molecule has 0 bridgehead atoms. The van der Waals surface area contributed by atoms with Gasteiger partial charge in [0.05, 0.1) is 49.4 Å². The van der Waals surface area contributed by atoms with Crippen molar-refractivity contribution in [1.29, 1.82) is 0 Å². The minimum Gasteiger partial charge on any atom is -0.489 e. The Balaban J connectivity index is 0.000000296. The van der Waals surface area contributed by atoms with Crippen molar-refractivity contribution < 1.29 is 19.1 Å². The van der Waals surface area contributed by atoms with Crippen LogP contribution in [-0.4, -0.2) is 68.5 Å². The number of ketones is 2. The summed E-state index contributed by atoms with van der Waals surface area (Å²) in [5, 5.41) is 28.2. The van der Waals surface area contributed by atoms with Gasteiger partial charge in [0.2, 0.25) is 23.1 Å². The standard InChI is InChI=1S/C38H55N3P.C37H50O4P.C6H11N3.C2H6/c1-3-4-5-6-10-15-22-35-33-41(40-39-35)31-20-11-8-7-9-12-21-32-42(36-23-16-13-17-24-36,37-25-18-14-19-26-37)38-29-27-34(2)28-30-38;1-6-22-30(7-2)42(31-23-16-14-17-24-31,32-25-18-15-19-26-32)28-21-13-11-9-8-10-12-20-27-33-29(3)34(38)36(40-4)37(41-5)35(33)39;1-2-3-4-6-5-7-9-8-6;1-2/h13-14,16-19,23-27,29-30,33-34H,3-12,15,20-22,28,31-32H2,1-2H3;6-7,14,16-18,22-26H,8-13,15,19-21,27-28H2,1-5H3;5H,2-4H2,1H3,(H,7,8,9);1-2H3/q2*+1;;/b;22-6-,30-7+;;. The lowest BCUT2D eigenvalue weighted by Crippen LogP contribution is -2.26. The number of carbonyl (C=O) groups is 2. The molecule has 8 rings (SSSR count). The molecule has 1 N–H and O–H groups in total. The molecule has 3 aliphatic rings. The van der Waals surface area contributed by atoms with Crippen LogP contribution in [-0.2, 0) is 38.4 Å². The maximum atomic E-state index is 12.8. The van der Waals surface area contributed by atoms with Crippen LogP contribution in [0.25, 0.3) is 0 Å². The van der Waals surface area contributed by atoms with E-state index in [4.69, 9.17) is 9.47 Å². The van der Waals surface area contributed by atoms with E-state index in [0.717, 1.165) is 63.6 Å². The van der Waals surface area contributed by atoms with E-state index in [9.17, 15) is 9.59 Å². The number of aryl methyl sites for hydroxylation is 3. The van der Waals surface area contributed by atoms with Crippen LogP contribution >= 0.6 is 14.5 Å². The highest BCUT2D eigenvalue weighted by Crippen LogP contribution is 2.72. The highest BCUT2D eigenvalue weighted by Gasteiger charge is 2.47. The number of Topliss-reactive ketones (excluding diaryl/α,β-unsaturated/α-hetero) is 2. The van der Waals surface area contributed by atoms with Crippen molar-refractivity contribution in [1.82, 2.24) is 30.4 Å². The van der Waals surface area contributed by atoms with Gasteiger partial charge in [-0.05, 0) is 189 Å². The smallest absolute Gasteiger partial charge is 0.228 e. The Morgan fingerprint density at radius 3 is 1.66 bits per heavy atom. The lowest BCUT2D eigenvalue weighted by atomic mass is 9.89.